The van der Waals surface area contributed by atoms with Gasteiger partial charge in [-0.1, -0.05) is 18.7 Å². The topological polar surface area (TPSA) is 48.5 Å². The minimum Gasteiger partial charge on any atom is -0.323 e. The van der Waals surface area contributed by atoms with Crippen molar-refractivity contribution in [1.29, 1.82) is 0 Å². The molecule has 4 aromatic rings. The summed E-state index contributed by atoms with van der Waals surface area (Å²) in [4.78, 5) is 12.6. The lowest BCUT2D eigenvalue weighted by atomic mass is 10.1. The summed E-state index contributed by atoms with van der Waals surface area (Å²) in [7, 11) is 0. The SMILES string of the molecule is C=Cc1ccc(F)cc1-c1nccn1Cc1nc2cccnc2n1CC(F)(F)F. The number of hydrogen-bond acceptors (Lipinski definition) is 3. The zero-order valence-electron chi connectivity index (χ0n) is 15.1. The van der Waals surface area contributed by atoms with Gasteiger partial charge >= 0.3 is 6.18 Å². The molecule has 4 rings (SSSR count). The first-order chi connectivity index (χ1) is 13.9. The molecule has 0 aliphatic carbocycles. The van der Waals surface area contributed by atoms with E-state index in [-0.39, 0.29) is 18.0 Å². The highest BCUT2D eigenvalue weighted by Crippen LogP contribution is 2.27. The van der Waals surface area contributed by atoms with E-state index in [0.717, 1.165) is 4.57 Å². The Morgan fingerprint density at radius 1 is 1.10 bits per heavy atom. The zero-order valence-corrected chi connectivity index (χ0v) is 15.1. The summed E-state index contributed by atoms with van der Waals surface area (Å²) in [5, 5.41) is 0. The van der Waals surface area contributed by atoms with Crippen LogP contribution in [0.3, 0.4) is 0 Å². The summed E-state index contributed by atoms with van der Waals surface area (Å²) >= 11 is 0. The fourth-order valence-electron chi connectivity index (χ4n) is 3.21. The number of fused-ring (bicyclic) bond motifs is 1. The highest BCUT2D eigenvalue weighted by Gasteiger charge is 2.30. The molecule has 0 aliphatic rings. The molecule has 0 saturated heterocycles. The Bertz CT molecular complexity index is 1190. The summed E-state index contributed by atoms with van der Waals surface area (Å²) in [5.74, 6) is 0.124. The lowest BCUT2D eigenvalue weighted by Crippen LogP contribution is -2.21. The van der Waals surface area contributed by atoms with E-state index < -0.39 is 18.5 Å². The normalized spacial score (nSPS) is 11.9. The summed E-state index contributed by atoms with van der Waals surface area (Å²) in [6.45, 7) is 2.52. The summed E-state index contributed by atoms with van der Waals surface area (Å²) < 4.78 is 55.9. The Hall–Kier alpha value is -3.49. The molecule has 5 nitrogen and oxygen atoms in total. The van der Waals surface area contributed by atoms with Gasteiger partial charge in [0.15, 0.2) is 5.65 Å². The Morgan fingerprint density at radius 2 is 1.93 bits per heavy atom. The van der Waals surface area contributed by atoms with Crippen LogP contribution in [0.1, 0.15) is 11.4 Å². The van der Waals surface area contributed by atoms with Crippen LogP contribution >= 0.6 is 0 Å². The van der Waals surface area contributed by atoms with Crippen molar-refractivity contribution in [1.82, 2.24) is 24.1 Å². The van der Waals surface area contributed by atoms with E-state index >= 15 is 0 Å². The van der Waals surface area contributed by atoms with Crippen molar-refractivity contribution in [3.8, 4) is 11.4 Å². The number of nitrogens with zero attached hydrogens (tertiary/aromatic N) is 5. The first-order valence-corrected chi connectivity index (χ1v) is 8.66. The first-order valence-electron chi connectivity index (χ1n) is 8.66. The molecule has 0 atom stereocenters. The standard InChI is InChI=1S/C20H15F4N5/c1-2-13-5-6-14(21)10-15(13)18-26-8-9-28(18)11-17-27-16-4-3-7-25-19(16)29(17)12-20(22,23)24/h2-10H,1,11-12H2. The van der Waals surface area contributed by atoms with Crippen LogP contribution in [-0.2, 0) is 13.1 Å². The number of aromatic nitrogens is 5. The van der Waals surface area contributed by atoms with E-state index in [1.54, 1.807) is 35.0 Å². The number of halogens is 4. The van der Waals surface area contributed by atoms with Gasteiger partial charge in [0.2, 0.25) is 0 Å². The Labute approximate surface area is 163 Å². The van der Waals surface area contributed by atoms with Crippen molar-refractivity contribution in [3.05, 3.63) is 72.7 Å². The van der Waals surface area contributed by atoms with Gasteiger partial charge in [-0.25, -0.2) is 19.3 Å². The van der Waals surface area contributed by atoms with E-state index in [1.807, 2.05) is 0 Å². The number of rotatable bonds is 5. The van der Waals surface area contributed by atoms with Crippen molar-refractivity contribution >= 4 is 17.2 Å². The summed E-state index contributed by atoms with van der Waals surface area (Å²) in [5.41, 5.74) is 1.66. The minimum absolute atomic E-state index is 0.00880. The molecule has 0 saturated carbocycles. The van der Waals surface area contributed by atoms with Crippen molar-refractivity contribution < 1.29 is 17.6 Å². The molecule has 1 aromatic carbocycles. The maximum atomic E-state index is 13.8. The molecule has 3 heterocycles. The fraction of sp³-hybridized carbons (Fsp3) is 0.150. The number of alkyl halides is 3. The van der Waals surface area contributed by atoms with E-state index in [9.17, 15) is 17.6 Å². The van der Waals surface area contributed by atoms with E-state index in [4.69, 9.17) is 0 Å². The van der Waals surface area contributed by atoms with Crippen molar-refractivity contribution in [3.63, 3.8) is 0 Å². The molecular weight excluding hydrogens is 386 g/mol. The van der Waals surface area contributed by atoms with Crippen LogP contribution in [0.4, 0.5) is 17.6 Å². The highest BCUT2D eigenvalue weighted by atomic mass is 19.4. The molecule has 0 N–H and O–H groups in total. The third-order valence-corrected chi connectivity index (χ3v) is 4.42. The molecule has 3 aromatic heterocycles. The second-order valence-electron chi connectivity index (χ2n) is 6.39. The van der Waals surface area contributed by atoms with Crippen molar-refractivity contribution in [2.75, 3.05) is 0 Å². The zero-order chi connectivity index (χ0) is 20.6. The summed E-state index contributed by atoms with van der Waals surface area (Å²) in [6.07, 6.45) is 1.67. The predicted molar refractivity (Wildman–Crippen MR) is 100 cm³/mol. The third-order valence-electron chi connectivity index (χ3n) is 4.42. The second kappa shape index (κ2) is 7.16. The highest BCUT2D eigenvalue weighted by molar-refractivity contribution is 5.72. The van der Waals surface area contributed by atoms with Crippen LogP contribution in [0.15, 0.2) is 55.5 Å². The van der Waals surface area contributed by atoms with Crippen LogP contribution < -0.4 is 0 Å². The van der Waals surface area contributed by atoms with Gasteiger partial charge in [0.25, 0.3) is 0 Å². The smallest absolute Gasteiger partial charge is 0.323 e. The molecule has 0 unspecified atom stereocenters. The largest absolute Gasteiger partial charge is 0.406 e. The first kappa shape index (κ1) is 18.9. The van der Waals surface area contributed by atoms with Crippen LogP contribution in [-0.4, -0.2) is 30.3 Å². The quantitative estimate of drug-likeness (QED) is 0.456. The van der Waals surface area contributed by atoms with Gasteiger partial charge in [0, 0.05) is 24.2 Å². The second-order valence-corrected chi connectivity index (χ2v) is 6.39. The van der Waals surface area contributed by atoms with Gasteiger partial charge in [0.1, 0.15) is 29.5 Å². The van der Waals surface area contributed by atoms with Crippen molar-refractivity contribution in [2.24, 2.45) is 0 Å². The molecule has 0 aliphatic heterocycles. The third kappa shape index (κ3) is 3.75. The molecule has 148 valence electrons. The van der Waals surface area contributed by atoms with Gasteiger partial charge in [-0.2, -0.15) is 13.2 Å². The number of benzene rings is 1. The monoisotopic (exact) mass is 401 g/mol. The average molecular weight is 401 g/mol. The molecular formula is C20H15F4N5. The molecule has 9 heteroatoms. The lowest BCUT2D eigenvalue weighted by Gasteiger charge is -2.13. The van der Waals surface area contributed by atoms with Crippen molar-refractivity contribution in [2.45, 2.75) is 19.3 Å². The van der Waals surface area contributed by atoms with Gasteiger partial charge in [-0.05, 0) is 29.8 Å². The minimum atomic E-state index is -4.43. The predicted octanol–water partition coefficient (Wildman–Crippen LogP) is 4.69. The Morgan fingerprint density at radius 3 is 2.69 bits per heavy atom. The summed E-state index contributed by atoms with van der Waals surface area (Å²) in [6, 6.07) is 7.41. The van der Waals surface area contributed by atoms with Gasteiger partial charge in [-0.3, -0.25) is 0 Å². The fourth-order valence-corrected chi connectivity index (χ4v) is 3.21. The molecule has 0 fully saturated rings. The maximum Gasteiger partial charge on any atom is 0.406 e. The van der Waals surface area contributed by atoms with Gasteiger partial charge in [0.05, 0.1) is 6.54 Å². The van der Waals surface area contributed by atoms with Gasteiger partial charge < -0.3 is 9.13 Å². The molecule has 0 spiro atoms. The number of imidazole rings is 2. The Balaban J connectivity index is 1.80. The van der Waals surface area contributed by atoms with E-state index in [2.05, 4.69) is 21.5 Å². The number of hydrogen-bond donors (Lipinski definition) is 0. The lowest BCUT2D eigenvalue weighted by molar-refractivity contribution is -0.140. The average Bonchev–Trinajstić information content (AvgIpc) is 3.26. The maximum absolute atomic E-state index is 13.8. The number of pyridine rings is 1. The van der Waals surface area contributed by atoms with Crippen LogP contribution in [0, 0.1) is 5.82 Å². The molecule has 0 radical (unpaired) electrons. The Kier molecular flexibility index (Phi) is 4.65. The van der Waals surface area contributed by atoms with E-state index in [1.165, 1.54) is 24.5 Å². The van der Waals surface area contributed by atoms with E-state index in [0.29, 0.717) is 22.5 Å². The molecule has 0 bridgehead atoms. The van der Waals surface area contributed by atoms with Gasteiger partial charge in [-0.15, -0.1) is 0 Å². The van der Waals surface area contributed by atoms with Crippen LogP contribution in [0.2, 0.25) is 0 Å². The van der Waals surface area contributed by atoms with Crippen LogP contribution in [0.25, 0.3) is 28.6 Å². The molecule has 0 amide bonds. The van der Waals surface area contributed by atoms with Crippen LogP contribution in [0.5, 0.6) is 0 Å². The molecule has 29 heavy (non-hydrogen) atoms.